The third-order valence-electron chi connectivity index (χ3n) is 5.54. The van der Waals surface area contributed by atoms with Crippen molar-refractivity contribution in [3.8, 4) is 0 Å². The number of fused-ring (bicyclic) bond motifs is 2. The highest BCUT2D eigenvalue weighted by Crippen LogP contribution is 2.29. The molecule has 0 aromatic heterocycles. The van der Waals surface area contributed by atoms with Gasteiger partial charge in [-0.2, -0.15) is 0 Å². The highest BCUT2D eigenvalue weighted by molar-refractivity contribution is 6.59. The molecule has 0 saturated carbocycles. The molecule has 0 aliphatic heterocycles. The van der Waals surface area contributed by atoms with Gasteiger partial charge < -0.3 is 10.1 Å². The second-order valence-electron chi connectivity index (χ2n) is 7.71. The minimum atomic E-state index is -0.784. The van der Waals surface area contributed by atoms with Gasteiger partial charge in [-0.25, -0.2) is 4.79 Å². The quantitative estimate of drug-likeness (QED) is 0.165. The molecule has 156 valence electrons. The zero-order valence-electron chi connectivity index (χ0n) is 17.6. The molecule has 0 bridgehead atoms. The fraction of sp³-hybridized carbons (Fsp3) is 0.269. The summed E-state index contributed by atoms with van der Waals surface area (Å²) in [4.78, 5) is 12.2. The number of carbonyl (C=O) groups is 1. The Kier molecular flexibility index (Phi) is 8.27. The van der Waals surface area contributed by atoms with E-state index in [2.05, 4.69) is 48.8 Å². The van der Waals surface area contributed by atoms with Crippen molar-refractivity contribution in [1.29, 1.82) is 0 Å². The number of unbranched alkanes of at least 4 members (excludes halogenated alkanes) is 1. The van der Waals surface area contributed by atoms with Gasteiger partial charge in [0.1, 0.15) is 6.61 Å². The molecule has 3 aromatic carbocycles. The first-order valence-corrected chi connectivity index (χ1v) is 13.2. The van der Waals surface area contributed by atoms with Gasteiger partial charge in [-0.05, 0) is 46.1 Å². The maximum atomic E-state index is 12.2. The average Bonchev–Trinajstić information content (AvgIpc) is 2.76. The molecule has 30 heavy (non-hydrogen) atoms. The molecule has 4 heteroatoms. The number of carbonyl (C=O) groups excluding carboxylic acids is 1. The predicted octanol–water partition coefficient (Wildman–Crippen LogP) is 6.60. The van der Waals surface area contributed by atoms with Crippen LogP contribution in [0.3, 0.4) is 0 Å². The number of hydrogen-bond acceptors (Lipinski definition) is 2. The zero-order valence-corrected chi connectivity index (χ0v) is 18.8. The Morgan fingerprint density at radius 2 is 1.53 bits per heavy atom. The largest absolute Gasteiger partial charge is 0.445 e. The van der Waals surface area contributed by atoms with Crippen LogP contribution in [0, 0.1) is 0 Å². The lowest BCUT2D eigenvalue weighted by molar-refractivity contribution is 0.140. The zero-order chi connectivity index (χ0) is 21.2. The van der Waals surface area contributed by atoms with Crippen molar-refractivity contribution in [2.45, 2.75) is 37.6 Å². The summed E-state index contributed by atoms with van der Waals surface area (Å²) < 4.78 is 5.58. The summed E-state index contributed by atoms with van der Waals surface area (Å²) in [6, 6.07) is 22.2. The van der Waals surface area contributed by atoms with Gasteiger partial charge in [0, 0.05) is 20.9 Å². The van der Waals surface area contributed by atoms with Gasteiger partial charge >= 0.3 is 6.09 Å². The lowest BCUT2D eigenvalue weighted by Crippen LogP contribution is -2.25. The van der Waals surface area contributed by atoms with E-state index in [0.717, 1.165) is 52.0 Å². The summed E-state index contributed by atoms with van der Waals surface area (Å²) in [5.74, 6) is 0. The van der Waals surface area contributed by atoms with Crippen molar-refractivity contribution in [2.24, 2.45) is 0 Å². The number of ether oxygens (including phenoxy) is 1. The molecular weight excluding hydrogens is 386 g/mol. The minimum absolute atomic E-state index is 0.265. The van der Waals surface area contributed by atoms with Crippen molar-refractivity contribution in [2.75, 3.05) is 6.54 Å². The van der Waals surface area contributed by atoms with Crippen LogP contribution in [0.2, 0.25) is 18.1 Å². The molecule has 3 nitrogen and oxygen atoms in total. The van der Waals surface area contributed by atoms with Crippen LogP contribution < -0.4 is 5.32 Å². The van der Waals surface area contributed by atoms with Crippen LogP contribution in [0.15, 0.2) is 79.9 Å². The van der Waals surface area contributed by atoms with E-state index in [0.29, 0.717) is 6.54 Å². The smallest absolute Gasteiger partial charge is 0.407 e. The van der Waals surface area contributed by atoms with Crippen LogP contribution in [-0.4, -0.2) is 21.4 Å². The average molecular weight is 418 g/mol. The molecule has 0 fully saturated rings. The Morgan fingerprint density at radius 1 is 0.933 bits per heavy atom. The first kappa shape index (κ1) is 21.8. The van der Waals surface area contributed by atoms with E-state index in [9.17, 15) is 4.79 Å². The molecule has 0 spiro atoms. The van der Waals surface area contributed by atoms with Crippen molar-refractivity contribution < 1.29 is 9.53 Å². The lowest BCUT2D eigenvalue weighted by Gasteiger charge is -2.13. The van der Waals surface area contributed by atoms with Crippen LogP contribution in [0.4, 0.5) is 4.79 Å². The van der Waals surface area contributed by atoms with E-state index in [1.54, 1.807) is 0 Å². The number of rotatable bonds is 11. The Bertz CT molecular complexity index is 950. The van der Waals surface area contributed by atoms with Gasteiger partial charge in [0.05, 0.1) is 0 Å². The summed E-state index contributed by atoms with van der Waals surface area (Å²) in [5, 5.41) is 7.48. The van der Waals surface area contributed by atoms with Crippen LogP contribution in [0.5, 0.6) is 0 Å². The minimum Gasteiger partial charge on any atom is -0.445 e. The maximum Gasteiger partial charge on any atom is 0.407 e. The Labute approximate surface area is 181 Å². The van der Waals surface area contributed by atoms with Gasteiger partial charge in [-0.3, -0.25) is 0 Å². The fourth-order valence-corrected chi connectivity index (χ4v) is 6.48. The molecule has 0 saturated heterocycles. The molecular formula is C26H31NO2Si. The van der Waals surface area contributed by atoms with Gasteiger partial charge in [0.25, 0.3) is 0 Å². The predicted molar refractivity (Wildman–Crippen MR) is 131 cm³/mol. The molecule has 0 unspecified atom stereocenters. The lowest BCUT2D eigenvalue weighted by atomic mass is 9.97. The van der Waals surface area contributed by atoms with E-state index in [1.807, 2.05) is 36.4 Å². The molecule has 3 rings (SSSR count). The highest BCUT2D eigenvalue weighted by Gasteiger charge is 2.10. The van der Waals surface area contributed by atoms with Gasteiger partial charge in [-0.15, -0.1) is 13.2 Å². The number of nitrogens with one attached hydrogen (secondary N) is 1. The normalized spacial score (nSPS) is 11.0. The standard InChI is InChI=1S/C26H31NO2Si/c1-3-16-30(17-4-2)18-10-9-15-27-26(28)29-20-25-23-13-7-5-11-21(23)19-22-12-6-8-14-24(22)25/h3-8,11-14,19,30H,1-2,9-10,15-18,20H2,(H,27,28). The molecule has 0 aliphatic rings. The van der Waals surface area contributed by atoms with Gasteiger partial charge in [-0.1, -0.05) is 73.1 Å². The molecule has 1 amide bonds. The van der Waals surface area contributed by atoms with Crippen LogP contribution >= 0.6 is 0 Å². The van der Waals surface area contributed by atoms with Gasteiger partial charge in [0.2, 0.25) is 0 Å². The summed E-state index contributed by atoms with van der Waals surface area (Å²) >= 11 is 0. The van der Waals surface area contributed by atoms with E-state index in [-0.39, 0.29) is 12.7 Å². The second kappa shape index (κ2) is 11.4. The second-order valence-corrected chi connectivity index (χ2v) is 11.0. The summed E-state index contributed by atoms with van der Waals surface area (Å²) in [7, 11) is -0.784. The molecule has 0 radical (unpaired) electrons. The van der Waals surface area contributed by atoms with Crippen molar-refractivity contribution in [1.82, 2.24) is 5.32 Å². The Balaban J connectivity index is 1.53. The highest BCUT2D eigenvalue weighted by atomic mass is 28.3. The summed E-state index contributed by atoms with van der Waals surface area (Å²) in [5.41, 5.74) is 1.06. The number of hydrogen-bond donors (Lipinski definition) is 1. The third-order valence-corrected chi connectivity index (χ3v) is 8.76. The summed E-state index contributed by atoms with van der Waals surface area (Å²) in [6.45, 7) is 8.64. The monoisotopic (exact) mass is 417 g/mol. The molecule has 1 N–H and O–H groups in total. The maximum absolute atomic E-state index is 12.2. The SMILES string of the molecule is C=CC[SiH](CC=C)CCCCNC(=O)OCc1c2ccccc2cc2ccccc12. The fourth-order valence-electron chi connectivity index (χ4n) is 4.00. The number of benzene rings is 3. The molecule has 3 aromatic rings. The number of alkyl carbamates (subject to hydrolysis) is 1. The van der Waals surface area contributed by atoms with E-state index >= 15 is 0 Å². The number of allylic oxidation sites excluding steroid dienone is 2. The first-order chi connectivity index (χ1) is 14.7. The topological polar surface area (TPSA) is 38.3 Å². The van der Waals surface area contributed by atoms with Crippen molar-refractivity contribution in [3.05, 3.63) is 85.5 Å². The van der Waals surface area contributed by atoms with Crippen molar-refractivity contribution >= 4 is 36.4 Å². The summed E-state index contributed by atoms with van der Waals surface area (Å²) in [6.07, 6.45) is 5.83. The number of amides is 1. The van der Waals surface area contributed by atoms with E-state index in [1.165, 1.54) is 6.04 Å². The van der Waals surface area contributed by atoms with Crippen LogP contribution in [0.25, 0.3) is 21.5 Å². The molecule has 0 heterocycles. The van der Waals surface area contributed by atoms with Crippen molar-refractivity contribution in [3.63, 3.8) is 0 Å². The van der Waals surface area contributed by atoms with E-state index < -0.39 is 8.80 Å². The van der Waals surface area contributed by atoms with E-state index in [4.69, 9.17) is 4.74 Å². The Morgan fingerprint density at radius 3 is 2.13 bits per heavy atom. The molecule has 0 atom stereocenters. The first-order valence-electron chi connectivity index (χ1n) is 10.7. The van der Waals surface area contributed by atoms with Crippen LogP contribution in [-0.2, 0) is 11.3 Å². The van der Waals surface area contributed by atoms with Gasteiger partial charge in [0.15, 0.2) is 0 Å². The molecule has 0 aliphatic carbocycles. The van der Waals surface area contributed by atoms with Crippen LogP contribution in [0.1, 0.15) is 18.4 Å². The third kappa shape index (κ3) is 5.83. The Hall–Kier alpha value is -2.85.